The number of thioether (sulfide) groups is 1. The van der Waals surface area contributed by atoms with Gasteiger partial charge in [-0.2, -0.15) is 16.9 Å². The highest BCUT2D eigenvalue weighted by Gasteiger charge is 2.28. The van der Waals surface area contributed by atoms with Gasteiger partial charge in [0.2, 0.25) is 10.0 Å². The van der Waals surface area contributed by atoms with Gasteiger partial charge in [-0.25, -0.2) is 13.1 Å². The zero-order valence-corrected chi connectivity index (χ0v) is 13.5. The Morgan fingerprint density at radius 3 is 2.95 bits per heavy atom. The molecule has 1 aromatic rings. The van der Waals surface area contributed by atoms with Crippen molar-refractivity contribution in [1.29, 1.82) is 0 Å². The lowest BCUT2D eigenvalue weighted by molar-refractivity contribution is 0.559. The van der Waals surface area contributed by atoms with E-state index >= 15 is 0 Å². The van der Waals surface area contributed by atoms with Crippen molar-refractivity contribution in [2.75, 3.05) is 18.1 Å². The van der Waals surface area contributed by atoms with E-state index < -0.39 is 10.0 Å². The van der Waals surface area contributed by atoms with Gasteiger partial charge >= 0.3 is 0 Å². The molecule has 0 aliphatic carbocycles. The molecule has 6 nitrogen and oxygen atoms in total. The second kappa shape index (κ2) is 6.93. The molecule has 1 unspecified atom stereocenters. The first-order chi connectivity index (χ1) is 9.54. The predicted molar refractivity (Wildman–Crippen MR) is 81.4 cm³/mol. The normalized spacial score (nSPS) is 19.6. The quantitative estimate of drug-likeness (QED) is 0.653. The average Bonchev–Trinajstić information content (AvgIpc) is 2.99. The van der Waals surface area contributed by atoms with Crippen LogP contribution < -0.4 is 10.0 Å². The molecule has 0 saturated carbocycles. The van der Waals surface area contributed by atoms with Crippen molar-refractivity contribution in [3.63, 3.8) is 0 Å². The highest BCUT2D eigenvalue weighted by molar-refractivity contribution is 7.99. The third kappa shape index (κ3) is 3.75. The van der Waals surface area contributed by atoms with Gasteiger partial charge in [-0.15, -0.1) is 0 Å². The first-order valence-corrected chi connectivity index (χ1v) is 9.53. The van der Waals surface area contributed by atoms with Crippen molar-refractivity contribution < 1.29 is 8.42 Å². The van der Waals surface area contributed by atoms with Crippen LogP contribution in [0.5, 0.6) is 0 Å². The molecular formula is C12H22N4O2S2. The second-order valence-electron chi connectivity index (χ2n) is 4.98. The summed E-state index contributed by atoms with van der Waals surface area (Å²) in [6.45, 7) is 5.12. The smallest absolute Gasteiger partial charge is 0.244 e. The molecule has 0 bridgehead atoms. The number of sulfonamides is 1. The number of nitrogens with zero attached hydrogens (tertiary/aromatic N) is 1. The summed E-state index contributed by atoms with van der Waals surface area (Å²) in [7, 11) is -3.50. The summed E-state index contributed by atoms with van der Waals surface area (Å²) in [5.74, 6) is 1.86. The van der Waals surface area contributed by atoms with Crippen molar-refractivity contribution in [2.45, 2.75) is 44.2 Å². The molecule has 1 aliphatic heterocycles. The Hall–Kier alpha value is -0.570. The molecule has 1 saturated heterocycles. The van der Waals surface area contributed by atoms with E-state index in [1.54, 1.807) is 18.7 Å². The maximum Gasteiger partial charge on any atom is 0.244 e. The topological polar surface area (TPSA) is 86.9 Å². The van der Waals surface area contributed by atoms with Gasteiger partial charge in [0, 0.05) is 18.3 Å². The maximum absolute atomic E-state index is 12.5. The minimum atomic E-state index is -3.50. The van der Waals surface area contributed by atoms with Crippen LogP contribution >= 0.6 is 11.8 Å². The fourth-order valence-electron chi connectivity index (χ4n) is 2.24. The molecule has 1 aromatic heterocycles. The molecule has 114 valence electrons. The monoisotopic (exact) mass is 318 g/mol. The minimum Gasteiger partial charge on any atom is -0.311 e. The van der Waals surface area contributed by atoms with Crippen LogP contribution in [0.3, 0.4) is 0 Å². The molecule has 2 rings (SSSR count). The molecule has 20 heavy (non-hydrogen) atoms. The number of rotatable bonds is 7. The standard InChI is InChI=1S/C12H22N4O2S2/c1-3-5-13-7-11-12(9(2)14-15-11)20(17,18)16-10-4-6-19-8-10/h10,13,16H,3-8H2,1-2H3,(H,14,15). The number of nitrogens with one attached hydrogen (secondary N) is 3. The van der Waals surface area contributed by atoms with Gasteiger partial charge in [0.1, 0.15) is 4.90 Å². The molecule has 1 atom stereocenters. The van der Waals surface area contributed by atoms with Crippen LogP contribution in [-0.4, -0.2) is 42.7 Å². The summed E-state index contributed by atoms with van der Waals surface area (Å²) < 4.78 is 27.8. The summed E-state index contributed by atoms with van der Waals surface area (Å²) in [6, 6.07) is 0.0377. The van der Waals surface area contributed by atoms with E-state index in [4.69, 9.17) is 0 Å². The van der Waals surface area contributed by atoms with E-state index in [1.807, 2.05) is 0 Å². The van der Waals surface area contributed by atoms with Gasteiger partial charge in [0.25, 0.3) is 0 Å². The number of hydrogen-bond donors (Lipinski definition) is 3. The lowest BCUT2D eigenvalue weighted by Crippen LogP contribution is -2.35. The largest absolute Gasteiger partial charge is 0.311 e. The van der Waals surface area contributed by atoms with Crippen LogP contribution in [0.1, 0.15) is 31.2 Å². The summed E-state index contributed by atoms with van der Waals surface area (Å²) in [5, 5.41) is 10.1. The lowest BCUT2D eigenvalue weighted by atomic mass is 10.3. The van der Waals surface area contributed by atoms with Crippen LogP contribution in [0, 0.1) is 6.92 Å². The second-order valence-corrected chi connectivity index (χ2v) is 7.78. The molecular weight excluding hydrogens is 296 g/mol. The average molecular weight is 318 g/mol. The van der Waals surface area contributed by atoms with Crippen LogP contribution in [-0.2, 0) is 16.6 Å². The molecule has 0 amide bonds. The molecule has 1 fully saturated rings. The lowest BCUT2D eigenvalue weighted by Gasteiger charge is -2.12. The minimum absolute atomic E-state index is 0.0377. The van der Waals surface area contributed by atoms with Crippen molar-refractivity contribution in [3.8, 4) is 0 Å². The van der Waals surface area contributed by atoms with Crippen LogP contribution in [0.4, 0.5) is 0 Å². The molecule has 3 N–H and O–H groups in total. The van der Waals surface area contributed by atoms with Gasteiger partial charge < -0.3 is 5.32 Å². The fourth-order valence-corrected chi connectivity index (χ4v) is 5.13. The van der Waals surface area contributed by atoms with Gasteiger partial charge in [0.05, 0.1) is 11.4 Å². The van der Waals surface area contributed by atoms with Crippen molar-refractivity contribution in [1.82, 2.24) is 20.2 Å². The van der Waals surface area contributed by atoms with Gasteiger partial charge in [-0.3, -0.25) is 5.10 Å². The Kier molecular flexibility index (Phi) is 5.48. The van der Waals surface area contributed by atoms with E-state index in [0.29, 0.717) is 22.8 Å². The predicted octanol–water partition coefficient (Wildman–Crippen LogP) is 1.00. The van der Waals surface area contributed by atoms with Crippen LogP contribution in [0.25, 0.3) is 0 Å². The Morgan fingerprint density at radius 1 is 1.50 bits per heavy atom. The molecule has 0 aromatic carbocycles. The van der Waals surface area contributed by atoms with Crippen molar-refractivity contribution in [3.05, 3.63) is 11.4 Å². The summed E-state index contributed by atoms with van der Waals surface area (Å²) in [4.78, 5) is 0.304. The maximum atomic E-state index is 12.5. The highest BCUT2D eigenvalue weighted by Crippen LogP contribution is 2.22. The number of hydrogen-bond acceptors (Lipinski definition) is 5. The van der Waals surface area contributed by atoms with E-state index in [-0.39, 0.29) is 6.04 Å². The van der Waals surface area contributed by atoms with Crippen molar-refractivity contribution >= 4 is 21.8 Å². The van der Waals surface area contributed by atoms with E-state index in [0.717, 1.165) is 30.9 Å². The van der Waals surface area contributed by atoms with Crippen LogP contribution in [0.15, 0.2) is 4.90 Å². The Balaban J connectivity index is 2.14. The fraction of sp³-hybridized carbons (Fsp3) is 0.750. The van der Waals surface area contributed by atoms with E-state index in [1.165, 1.54) is 0 Å². The molecule has 8 heteroatoms. The molecule has 0 spiro atoms. The van der Waals surface area contributed by atoms with Gasteiger partial charge in [-0.1, -0.05) is 6.92 Å². The Labute approximate surface area is 124 Å². The molecule has 0 radical (unpaired) electrons. The third-order valence-corrected chi connectivity index (χ3v) is 6.09. The van der Waals surface area contributed by atoms with Crippen molar-refractivity contribution in [2.24, 2.45) is 0 Å². The number of aromatic amines is 1. The van der Waals surface area contributed by atoms with E-state index in [2.05, 4.69) is 27.2 Å². The van der Waals surface area contributed by atoms with E-state index in [9.17, 15) is 8.42 Å². The summed E-state index contributed by atoms with van der Waals surface area (Å²) in [6.07, 6.45) is 1.90. The Bertz CT molecular complexity index is 536. The first kappa shape index (κ1) is 15.8. The number of aryl methyl sites for hydroxylation is 1. The third-order valence-electron chi connectivity index (χ3n) is 3.20. The SMILES string of the molecule is CCCNCc1n[nH]c(C)c1S(=O)(=O)NC1CCSC1. The molecule has 2 heterocycles. The molecule has 1 aliphatic rings. The number of H-pyrrole nitrogens is 1. The zero-order chi connectivity index (χ0) is 14.6. The van der Waals surface area contributed by atoms with Gasteiger partial charge in [-0.05, 0) is 32.1 Å². The zero-order valence-electron chi connectivity index (χ0n) is 11.9. The van der Waals surface area contributed by atoms with Gasteiger partial charge in [0.15, 0.2) is 0 Å². The van der Waals surface area contributed by atoms with Crippen LogP contribution in [0.2, 0.25) is 0 Å². The Morgan fingerprint density at radius 2 is 2.30 bits per heavy atom. The summed E-state index contributed by atoms with van der Waals surface area (Å²) in [5.41, 5.74) is 1.16. The first-order valence-electron chi connectivity index (χ1n) is 6.89. The summed E-state index contributed by atoms with van der Waals surface area (Å²) >= 11 is 1.78. The number of aromatic nitrogens is 2. The highest BCUT2D eigenvalue weighted by atomic mass is 32.2.